The van der Waals surface area contributed by atoms with Gasteiger partial charge in [0, 0.05) is 31.1 Å². The summed E-state index contributed by atoms with van der Waals surface area (Å²) in [5.41, 5.74) is 3.06. The Bertz CT molecular complexity index is 605. The number of nitrogens with zero attached hydrogens (tertiary/aromatic N) is 1. The van der Waals surface area contributed by atoms with E-state index in [0.29, 0.717) is 25.9 Å². The third-order valence-electron chi connectivity index (χ3n) is 4.49. The second-order valence-electron chi connectivity index (χ2n) is 7.21. The van der Waals surface area contributed by atoms with Crippen molar-refractivity contribution in [2.24, 2.45) is 5.41 Å². The van der Waals surface area contributed by atoms with E-state index in [-0.39, 0.29) is 17.2 Å². The fraction of sp³-hybridized carbons (Fsp3) is 0.556. The van der Waals surface area contributed by atoms with Gasteiger partial charge in [-0.1, -0.05) is 33.8 Å². The van der Waals surface area contributed by atoms with E-state index in [4.69, 9.17) is 0 Å². The van der Waals surface area contributed by atoms with E-state index >= 15 is 0 Å². The van der Waals surface area contributed by atoms with Crippen LogP contribution in [0.3, 0.4) is 0 Å². The lowest BCUT2D eigenvalue weighted by Crippen LogP contribution is -2.36. The van der Waals surface area contributed by atoms with E-state index in [0.717, 1.165) is 11.3 Å². The van der Waals surface area contributed by atoms with Crippen molar-refractivity contribution in [1.82, 2.24) is 4.90 Å². The molecule has 0 aliphatic carbocycles. The van der Waals surface area contributed by atoms with Gasteiger partial charge in [0.1, 0.15) is 0 Å². The molecule has 2 N–H and O–H groups in total. The van der Waals surface area contributed by atoms with Gasteiger partial charge in [-0.3, -0.25) is 4.79 Å². The third-order valence-corrected chi connectivity index (χ3v) is 4.49. The minimum Gasteiger partial charge on any atom is -0.465 e. The number of benzene rings is 1. The molecule has 1 aromatic carbocycles. The standard InChI is InChI=1S/C18H26N2O3/c1-5-16(21)19-13-6-7-14-12(10-13)8-9-20(17(22)23)11-15(14)18(2,3)4/h6-7,10,15H,5,8-9,11H2,1-4H3,(H,19,21)(H,22,23). The maximum absolute atomic E-state index is 11.6. The number of rotatable bonds is 2. The molecule has 2 rings (SSSR count). The van der Waals surface area contributed by atoms with Gasteiger partial charge in [0.15, 0.2) is 0 Å². The number of carbonyl (C=O) groups is 2. The highest BCUT2D eigenvalue weighted by Gasteiger charge is 2.33. The fourth-order valence-electron chi connectivity index (χ4n) is 3.07. The molecule has 2 amide bonds. The summed E-state index contributed by atoms with van der Waals surface area (Å²) in [5, 5.41) is 12.3. The number of anilines is 1. The van der Waals surface area contributed by atoms with E-state index in [1.54, 1.807) is 0 Å². The fourth-order valence-corrected chi connectivity index (χ4v) is 3.07. The maximum atomic E-state index is 11.6. The average molecular weight is 318 g/mol. The smallest absolute Gasteiger partial charge is 0.407 e. The molecule has 0 saturated carbocycles. The minimum absolute atomic E-state index is 0.0156. The number of amides is 2. The Morgan fingerprint density at radius 1 is 1.35 bits per heavy atom. The van der Waals surface area contributed by atoms with Gasteiger partial charge in [-0.05, 0) is 35.1 Å². The van der Waals surface area contributed by atoms with Gasteiger partial charge in [-0.25, -0.2) is 4.79 Å². The van der Waals surface area contributed by atoms with Crippen molar-refractivity contribution in [2.45, 2.75) is 46.5 Å². The second kappa shape index (κ2) is 6.60. The van der Waals surface area contributed by atoms with Crippen molar-refractivity contribution in [2.75, 3.05) is 18.4 Å². The number of carboxylic acid groups (broad SMARTS) is 1. The summed E-state index contributed by atoms with van der Waals surface area (Å²) in [6, 6.07) is 5.95. The lowest BCUT2D eigenvalue weighted by molar-refractivity contribution is -0.115. The minimum atomic E-state index is -0.869. The summed E-state index contributed by atoms with van der Waals surface area (Å²) < 4.78 is 0. The van der Waals surface area contributed by atoms with Crippen molar-refractivity contribution in [3.8, 4) is 0 Å². The average Bonchev–Trinajstić information content (AvgIpc) is 2.66. The zero-order valence-corrected chi connectivity index (χ0v) is 14.3. The molecule has 5 nitrogen and oxygen atoms in total. The van der Waals surface area contributed by atoms with Crippen LogP contribution in [0.1, 0.15) is 51.2 Å². The van der Waals surface area contributed by atoms with Gasteiger partial charge in [-0.2, -0.15) is 0 Å². The molecule has 0 bridgehead atoms. The van der Waals surface area contributed by atoms with Crippen LogP contribution in [0.2, 0.25) is 0 Å². The topological polar surface area (TPSA) is 69.6 Å². The number of fused-ring (bicyclic) bond motifs is 1. The molecule has 1 aliphatic rings. The first-order valence-electron chi connectivity index (χ1n) is 8.13. The van der Waals surface area contributed by atoms with Crippen molar-refractivity contribution in [3.05, 3.63) is 29.3 Å². The summed E-state index contributed by atoms with van der Waals surface area (Å²) in [6.45, 7) is 9.23. The first-order valence-corrected chi connectivity index (χ1v) is 8.13. The van der Waals surface area contributed by atoms with E-state index in [1.807, 2.05) is 25.1 Å². The Kier molecular flexibility index (Phi) is 4.97. The van der Waals surface area contributed by atoms with Crippen LogP contribution in [0.5, 0.6) is 0 Å². The van der Waals surface area contributed by atoms with Crippen molar-refractivity contribution in [3.63, 3.8) is 0 Å². The highest BCUT2D eigenvalue weighted by atomic mass is 16.4. The Labute approximate surface area is 137 Å². The lowest BCUT2D eigenvalue weighted by Gasteiger charge is -2.33. The molecule has 1 heterocycles. The third kappa shape index (κ3) is 4.03. The number of nitrogens with one attached hydrogen (secondary N) is 1. The van der Waals surface area contributed by atoms with Crippen LogP contribution in [-0.4, -0.2) is 35.1 Å². The van der Waals surface area contributed by atoms with Crippen LogP contribution < -0.4 is 5.32 Å². The normalized spacial score (nSPS) is 18.1. The quantitative estimate of drug-likeness (QED) is 0.873. The summed E-state index contributed by atoms with van der Waals surface area (Å²) >= 11 is 0. The molecular weight excluding hydrogens is 292 g/mol. The highest BCUT2D eigenvalue weighted by Crippen LogP contribution is 2.39. The Hall–Kier alpha value is -2.04. The summed E-state index contributed by atoms with van der Waals surface area (Å²) in [6.07, 6.45) is 0.241. The molecule has 5 heteroatoms. The van der Waals surface area contributed by atoms with Gasteiger partial charge < -0.3 is 15.3 Å². The van der Waals surface area contributed by atoms with E-state index < -0.39 is 6.09 Å². The Balaban J connectivity index is 2.39. The molecule has 0 spiro atoms. The molecule has 1 aromatic rings. The van der Waals surface area contributed by atoms with Crippen molar-refractivity contribution < 1.29 is 14.7 Å². The van der Waals surface area contributed by atoms with Gasteiger partial charge in [-0.15, -0.1) is 0 Å². The monoisotopic (exact) mass is 318 g/mol. The highest BCUT2D eigenvalue weighted by molar-refractivity contribution is 5.90. The first kappa shape index (κ1) is 17.3. The predicted molar refractivity (Wildman–Crippen MR) is 90.9 cm³/mol. The summed E-state index contributed by atoms with van der Waals surface area (Å²) in [5.74, 6) is 0.116. The predicted octanol–water partition coefficient (Wildman–Crippen LogP) is 3.70. The molecule has 126 valence electrons. The largest absolute Gasteiger partial charge is 0.465 e. The number of carbonyl (C=O) groups excluding carboxylic acids is 1. The van der Waals surface area contributed by atoms with Crippen molar-refractivity contribution in [1.29, 1.82) is 0 Å². The summed E-state index contributed by atoms with van der Waals surface area (Å²) in [7, 11) is 0. The van der Waals surface area contributed by atoms with Crippen LogP contribution in [0, 0.1) is 5.41 Å². The van der Waals surface area contributed by atoms with Crippen molar-refractivity contribution >= 4 is 17.7 Å². The SMILES string of the molecule is CCC(=O)Nc1ccc2c(c1)CCN(C(=O)O)CC2C(C)(C)C. The Morgan fingerprint density at radius 3 is 2.61 bits per heavy atom. The molecule has 0 saturated heterocycles. The van der Waals surface area contributed by atoms with Gasteiger partial charge in [0.25, 0.3) is 0 Å². The molecule has 1 unspecified atom stereocenters. The number of hydrogen-bond donors (Lipinski definition) is 2. The van der Waals surface area contributed by atoms with Gasteiger partial charge in [0.05, 0.1) is 0 Å². The van der Waals surface area contributed by atoms with Gasteiger partial charge >= 0.3 is 6.09 Å². The Morgan fingerprint density at radius 2 is 2.04 bits per heavy atom. The van der Waals surface area contributed by atoms with Crippen LogP contribution >= 0.6 is 0 Å². The van der Waals surface area contributed by atoms with Crippen LogP contribution in [0.15, 0.2) is 18.2 Å². The molecule has 0 fully saturated rings. The van der Waals surface area contributed by atoms with Gasteiger partial charge in [0.2, 0.25) is 5.91 Å². The van der Waals surface area contributed by atoms with E-state index in [1.165, 1.54) is 10.5 Å². The number of hydrogen-bond acceptors (Lipinski definition) is 2. The van der Waals surface area contributed by atoms with Crippen LogP contribution in [0.4, 0.5) is 10.5 Å². The molecule has 0 aromatic heterocycles. The molecule has 23 heavy (non-hydrogen) atoms. The second-order valence-corrected chi connectivity index (χ2v) is 7.21. The first-order chi connectivity index (χ1) is 10.7. The zero-order valence-electron chi connectivity index (χ0n) is 14.3. The lowest BCUT2D eigenvalue weighted by atomic mass is 9.75. The molecule has 0 radical (unpaired) electrons. The molecule has 1 atom stereocenters. The molecule has 1 aliphatic heterocycles. The van der Waals surface area contributed by atoms with Crippen LogP contribution in [-0.2, 0) is 11.2 Å². The van der Waals surface area contributed by atoms with E-state index in [2.05, 4.69) is 26.1 Å². The molecular formula is C18H26N2O3. The maximum Gasteiger partial charge on any atom is 0.407 e. The van der Waals surface area contributed by atoms with Crippen LogP contribution in [0.25, 0.3) is 0 Å². The van der Waals surface area contributed by atoms with E-state index in [9.17, 15) is 14.7 Å². The zero-order chi connectivity index (χ0) is 17.2. The summed E-state index contributed by atoms with van der Waals surface area (Å²) in [4.78, 5) is 24.5.